The molecule has 2 aliphatic heterocycles. The molecule has 2 aliphatic rings. The van der Waals surface area contributed by atoms with Crippen molar-refractivity contribution in [3.05, 3.63) is 47.4 Å². The first kappa shape index (κ1) is 23.5. The third kappa shape index (κ3) is 5.30. The molecule has 4 rings (SSSR count). The maximum absolute atomic E-state index is 12.9. The van der Waals surface area contributed by atoms with Gasteiger partial charge in [0.05, 0.1) is 0 Å². The van der Waals surface area contributed by atoms with E-state index in [-0.39, 0.29) is 29.7 Å². The van der Waals surface area contributed by atoms with Gasteiger partial charge in [-0.05, 0) is 50.5 Å². The number of hydrogen-bond donors (Lipinski definition) is 0. The summed E-state index contributed by atoms with van der Waals surface area (Å²) in [5, 5.41) is 3.75. The zero-order valence-electron chi connectivity index (χ0n) is 19.4. The Bertz CT molecular complexity index is 1070. The minimum absolute atomic E-state index is 0.110. The van der Waals surface area contributed by atoms with E-state index in [0.717, 1.165) is 18.7 Å². The van der Waals surface area contributed by atoms with Crippen LogP contribution in [0.2, 0.25) is 0 Å². The summed E-state index contributed by atoms with van der Waals surface area (Å²) < 4.78 is 32.3. The minimum Gasteiger partial charge on any atom is -0.372 e. The first-order valence-corrected chi connectivity index (χ1v) is 13.1. The molecule has 2 aromatic rings. The van der Waals surface area contributed by atoms with Crippen LogP contribution in [-0.2, 0) is 14.8 Å². The summed E-state index contributed by atoms with van der Waals surface area (Å²) in [7, 11) is -3.68. The van der Waals surface area contributed by atoms with E-state index in [0.29, 0.717) is 18.8 Å². The number of carbonyl (C=O) groups excluding carboxylic acids is 1. The molecule has 0 N–H and O–H groups in total. The number of benzene rings is 1. The van der Waals surface area contributed by atoms with E-state index in [1.54, 1.807) is 24.8 Å². The smallest absolute Gasteiger partial charge is 0.248 e. The van der Waals surface area contributed by atoms with E-state index in [1.807, 2.05) is 18.2 Å². The highest BCUT2D eigenvalue weighted by Crippen LogP contribution is 2.24. The zero-order chi connectivity index (χ0) is 23.4. The number of rotatable bonds is 5. The SMILES string of the molecule is Cc1noc(C)c1S(=O)(=O)N1CCN(C(=O)/C=C/c2ccc(N3CCCCCC3)cc2)CC1. The van der Waals surface area contributed by atoms with Crippen LogP contribution in [-0.4, -0.2) is 68.0 Å². The molecular formula is C24H32N4O4S. The van der Waals surface area contributed by atoms with Crippen molar-refractivity contribution in [3.63, 3.8) is 0 Å². The molecule has 0 atom stereocenters. The number of amides is 1. The van der Waals surface area contributed by atoms with Crippen molar-refractivity contribution in [2.45, 2.75) is 44.4 Å². The lowest BCUT2D eigenvalue weighted by Gasteiger charge is -2.33. The van der Waals surface area contributed by atoms with E-state index < -0.39 is 10.0 Å². The fourth-order valence-electron chi connectivity index (χ4n) is 4.52. The average molecular weight is 473 g/mol. The van der Waals surface area contributed by atoms with Gasteiger partial charge in [-0.15, -0.1) is 0 Å². The lowest BCUT2D eigenvalue weighted by Crippen LogP contribution is -2.50. The molecule has 0 aliphatic carbocycles. The minimum atomic E-state index is -3.68. The molecule has 3 heterocycles. The van der Waals surface area contributed by atoms with Gasteiger partial charge in [0.25, 0.3) is 0 Å². The number of aromatic nitrogens is 1. The second-order valence-corrected chi connectivity index (χ2v) is 10.6. The first-order chi connectivity index (χ1) is 15.9. The Morgan fingerprint density at radius 3 is 2.15 bits per heavy atom. The second-order valence-electron chi connectivity index (χ2n) is 8.71. The van der Waals surface area contributed by atoms with Gasteiger partial charge in [0, 0.05) is 51.0 Å². The van der Waals surface area contributed by atoms with E-state index in [2.05, 4.69) is 22.2 Å². The van der Waals surface area contributed by atoms with E-state index in [1.165, 1.54) is 35.7 Å². The van der Waals surface area contributed by atoms with Crippen LogP contribution in [0.3, 0.4) is 0 Å². The number of aryl methyl sites for hydroxylation is 2. The third-order valence-electron chi connectivity index (χ3n) is 6.40. The van der Waals surface area contributed by atoms with Crippen LogP contribution in [0.4, 0.5) is 5.69 Å². The van der Waals surface area contributed by atoms with Gasteiger partial charge in [-0.2, -0.15) is 4.31 Å². The Labute approximate surface area is 195 Å². The molecule has 9 heteroatoms. The van der Waals surface area contributed by atoms with Crippen LogP contribution >= 0.6 is 0 Å². The van der Waals surface area contributed by atoms with Crippen LogP contribution in [0.15, 0.2) is 39.8 Å². The quantitative estimate of drug-likeness (QED) is 0.621. The van der Waals surface area contributed by atoms with Gasteiger partial charge in [0.2, 0.25) is 15.9 Å². The van der Waals surface area contributed by atoms with Crippen LogP contribution in [0, 0.1) is 13.8 Å². The van der Waals surface area contributed by atoms with Gasteiger partial charge in [0.15, 0.2) is 5.76 Å². The molecule has 0 bridgehead atoms. The van der Waals surface area contributed by atoms with Crippen molar-refractivity contribution < 1.29 is 17.7 Å². The van der Waals surface area contributed by atoms with Crippen molar-refractivity contribution in [1.29, 1.82) is 0 Å². The summed E-state index contributed by atoms with van der Waals surface area (Å²) in [6.45, 7) is 6.61. The number of sulfonamides is 1. The van der Waals surface area contributed by atoms with Crippen molar-refractivity contribution in [1.82, 2.24) is 14.4 Å². The predicted molar refractivity (Wildman–Crippen MR) is 127 cm³/mol. The summed E-state index contributed by atoms with van der Waals surface area (Å²) in [5.74, 6) is 0.178. The van der Waals surface area contributed by atoms with Crippen LogP contribution in [0.25, 0.3) is 6.08 Å². The Kier molecular flexibility index (Phi) is 7.19. The second kappa shape index (κ2) is 10.1. The highest BCUT2D eigenvalue weighted by molar-refractivity contribution is 7.89. The first-order valence-electron chi connectivity index (χ1n) is 11.6. The highest BCUT2D eigenvalue weighted by Gasteiger charge is 2.33. The molecule has 1 amide bonds. The van der Waals surface area contributed by atoms with Gasteiger partial charge in [-0.1, -0.05) is 30.1 Å². The van der Waals surface area contributed by atoms with Gasteiger partial charge in [0.1, 0.15) is 10.6 Å². The topological polar surface area (TPSA) is 87.0 Å². The van der Waals surface area contributed by atoms with E-state index in [9.17, 15) is 13.2 Å². The van der Waals surface area contributed by atoms with Crippen molar-refractivity contribution in [2.75, 3.05) is 44.2 Å². The van der Waals surface area contributed by atoms with Crippen molar-refractivity contribution in [2.24, 2.45) is 0 Å². The number of carbonyl (C=O) groups is 1. The maximum Gasteiger partial charge on any atom is 0.248 e. The van der Waals surface area contributed by atoms with Crippen molar-refractivity contribution in [3.8, 4) is 0 Å². The largest absolute Gasteiger partial charge is 0.372 e. The van der Waals surface area contributed by atoms with E-state index >= 15 is 0 Å². The lowest BCUT2D eigenvalue weighted by molar-refractivity contribution is -0.127. The molecule has 1 aromatic heterocycles. The molecule has 178 valence electrons. The fourth-order valence-corrected chi connectivity index (χ4v) is 6.23. The Morgan fingerprint density at radius 1 is 0.939 bits per heavy atom. The summed E-state index contributed by atoms with van der Waals surface area (Å²) >= 11 is 0. The monoisotopic (exact) mass is 472 g/mol. The molecule has 2 saturated heterocycles. The summed E-state index contributed by atoms with van der Waals surface area (Å²) in [4.78, 5) is 16.9. The van der Waals surface area contributed by atoms with Crippen molar-refractivity contribution >= 4 is 27.7 Å². The Morgan fingerprint density at radius 2 is 1.58 bits per heavy atom. The zero-order valence-corrected chi connectivity index (χ0v) is 20.2. The highest BCUT2D eigenvalue weighted by atomic mass is 32.2. The molecule has 0 spiro atoms. The summed E-state index contributed by atoms with van der Waals surface area (Å²) in [5.41, 5.74) is 2.56. The number of piperazine rings is 1. The summed E-state index contributed by atoms with van der Waals surface area (Å²) in [6, 6.07) is 8.32. The molecular weight excluding hydrogens is 440 g/mol. The Hall–Kier alpha value is -2.65. The van der Waals surface area contributed by atoms with E-state index in [4.69, 9.17) is 4.52 Å². The van der Waals surface area contributed by atoms with Crippen LogP contribution in [0.5, 0.6) is 0 Å². The fraction of sp³-hybridized carbons (Fsp3) is 0.500. The Balaban J connectivity index is 1.32. The number of anilines is 1. The molecule has 1 aromatic carbocycles. The third-order valence-corrected chi connectivity index (χ3v) is 8.54. The molecule has 0 saturated carbocycles. The number of hydrogen-bond acceptors (Lipinski definition) is 6. The molecule has 0 radical (unpaired) electrons. The number of nitrogens with zero attached hydrogens (tertiary/aromatic N) is 4. The van der Waals surface area contributed by atoms with Gasteiger partial charge in [-0.3, -0.25) is 4.79 Å². The molecule has 8 nitrogen and oxygen atoms in total. The summed E-state index contributed by atoms with van der Waals surface area (Å²) in [6.07, 6.45) is 8.48. The molecule has 33 heavy (non-hydrogen) atoms. The van der Waals surface area contributed by atoms with Gasteiger partial charge < -0.3 is 14.3 Å². The predicted octanol–water partition coefficient (Wildman–Crippen LogP) is 3.22. The molecule has 2 fully saturated rings. The lowest BCUT2D eigenvalue weighted by atomic mass is 10.1. The van der Waals surface area contributed by atoms with Gasteiger partial charge in [-0.25, -0.2) is 8.42 Å². The average Bonchev–Trinajstić information content (AvgIpc) is 3.01. The van der Waals surface area contributed by atoms with Crippen LogP contribution < -0.4 is 4.90 Å². The van der Waals surface area contributed by atoms with Gasteiger partial charge >= 0.3 is 0 Å². The maximum atomic E-state index is 12.9. The normalized spacial score (nSPS) is 18.6. The van der Waals surface area contributed by atoms with Crippen LogP contribution in [0.1, 0.15) is 42.7 Å². The standard InChI is InChI=1S/C24H32N4O4S/c1-19-24(20(2)32-25-19)33(30,31)28-17-15-27(16-18-28)23(29)12-9-21-7-10-22(11-8-21)26-13-5-3-4-6-14-26/h7-12H,3-6,13-18H2,1-2H3/b12-9+. The molecule has 0 unspecified atom stereocenters.